The summed E-state index contributed by atoms with van der Waals surface area (Å²) in [5.41, 5.74) is -0.0826. The monoisotopic (exact) mass is 360 g/mol. The van der Waals surface area contributed by atoms with E-state index in [1.165, 1.54) is 0 Å². The lowest BCUT2D eigenvalue weighted by molar-refractivity contribution is -0.0427. The molecule has 0 bridgehead atoms. The van der Waals surface area contributed by atoms with Gasteiger partial charge in [-0.25, -0.2) is 4.72 Å². The van der Waals surface area contributed by atoms with E-state index in [0.29, 0.717) is 6.54 Å². The molecule has 0 aromatic rings. The molecule has 2 aliphatic heterocycles. The van der Waals surface area contributed by atoms with Gasteiger partial charge in [0.2, 0.25) is 0 Å². The van der Waals surface area contributed by atoms with Gasteiger partial charge < -0.3 is 9.64 Å². The van der Waals surface area contributed by atoms with Crippen molar-refractivity contribution in [1.29, 1.82) is 0 Å². The van der Waals surface area contributed by atoms with Crippen LogP contribution in [0.2, 0.25) is 0 Å². The first-order valence-electron chi connectivity index (χ1n) is 9.27. The molecule has 0 aromatic carbocycles. The number of rotatable bonds is 6. The van der Waals surface area contributed by atoms with Crippen LogP contribution in [-0.4, -0.2) is 82.8 Å². The highest BCUT2D eigenvalue weighted by Gasteiger charge is 2.40. The minimum absolute atomic E-state index is 0.0826. The maximum atomic E-state index is 12.4. The van der Waals surface area contributed by atoms with Crippen molar-refractivity contribution < 1.29 is 13.2 Å². The summed E-state index contributed by atoms with van der Waals surface area (Å²) < 4.78 is 36.1. The SMILES string of the molecule is CN1CCC(CNS(=O)(=O)NC2CCCC2)(N2CCOCC2)CC1. The summed E-state index contributed by atoms with van der Waals surface area (Å²) in [5, 5.41) is 0. The zero-order valence-electron chi connectivity index (χ0n) is 14.8. The summed E-state index contributed by atoms with van der Waals surface area (Å²) in [6.07, 6.45) is 6.15. The second-order valence-corrected chi connectivity index (χ2v) is 9.08. The lowest BCUT2D eigenvalue weighted by Crippen LogP contribution is -2.63. The normalized spacial score (nSPS) is 27.5. The molecule has 0 atom stereocenters. The zero-order valence-corrected chi connectivity index (χ0v) is 15.6. The summed E-state index contributed by atoms with van der Waals surface area (Å²) in [6, 6.07) is 0.110. The Labute approximate surface area is 146 Å². The molecule has 8 heteroatoms. The topological polar surface area (TPSA) is 73.9 Å². The maximum absolute atomic E-state index is 12.4. The lowest BCUT2D eigenvalue weighted by Gasteiger charge is -2.49. The quantitative estimate of drug-likeness (QED) is 0.705. The van der Waals surface area contributed by atoms with Gasteiger partial charge in [0.05, 0.1) is 13.2 Å². The molecule has 0 radical (unpaired) electrons. The first-order chi connectivity index (χ1) is 11.5. The van der Waals surface area contributed by atoms with Crippen LogP contribution in [0.5, 0.6) is 0 Å². The predicted molar refractivity (Wildman–Crippen MR) is 94.2 cm³/mol. The van der Waals surface area contributed by atoms with Crippen molar-refractivity contribution in [3.05, 3.63) is 0 Å². The largest absolute Gasteiger partial charge is 0.379 e. The number of ether oxygens (including phenoxy) is 1. The minimum atomic E-state index is -3.43. The molecule has 1 saturated carbocycles. The van der Waals surface area contributed by atoms with Crippen molar-refractivity contribution in [2.24, 2.45) is 0 Å². The van der Waals surface area contributed by atoms with E-state index >= 15 is 0 Å². The molecular weight excluding hydrogens is 328 g/mol. The van der Waals surface area contributed by atoms with Gasteiger partial charge in [0, 0.05) is 31.2 Å². The molecule has 0 aromatic heterocycles. The molecule has 2 N–H and O–H groups in total. The van der Waals surface area contributed by atoms with Crippen molar-refractivity contribution in [1.82, 2.24) is 19.2 Å². The fourth-order valence-electron chi connectivity index (χ4n) is 4.21. The van der Waals surface area contributed by atoms with Gasteiger partial charge in [-0.2, -0.15) is 13.1 Å². The van der Waals surface area contributed by atoms with E-state index in [1.54, 1.807) is 0 Å². The van der Waals surface area contributed by atoms with Crippen LogP contribution in [-0.2, 0) is 14.9 Å². The fraction of sp³-hybridized carbons (Fsp3) is 1.00. The first kappa shape index (κ1) is 18.5. The maximum Gasteiger partial charge on any atom is 0.277 e. The van der Waals surface area contributed by atoms with Gasteiger partial charge in [0.25, 0.3) is 10.2 Å². The summed E-state index contributed by atoms with van der Waals surface area (Å²) in [5.74, 6) is 0. The second-order valence-electron chi connectivity index (χ2n) is 7.55. The van der Waals surface area contributed by atoms with Crippen LogP contribution >= 0.6 is 0 Å². The lowest BCUT2D eigenvalue weighted by atomic mass is 9.85. The van der Waals surface area contributed by atoms with Crippen molar-refractivity contribution in [3.63, 3.8) is 0 Å². The highest BCUT2D eigenvalue weighted by Crippen LogP contribution is 2.29. The Kier molecular flexibility index (Phi) is 6.16. The molecule has 24 heavy (non-hydrogen) atoms. The number of hydrogen-bond donors (Lipinski definition) is 2. The molecule has 0 unspecified atom stereocenters. The number of likely N-dealkylation sites (tertiary alicyclic amines) is 1. The van der Waals surface area contributed by atoms with E-state index in [1.807, 2.05) is 0 Å². The molecule has 3 rings (SSSR count). The Bertz CT molecular complexity index is 493. The Morgan fingerprint density at radius 3 is 2.33 bits per heavy atom. The summed E-state index contributed by atoms with van der Waals surface area (Å²) in [4.78, 5) is 4.77. The van der Waals surface area contributed by atoms with Crippen LogP contribution in [0.15, 0.2) is 0 Å². The Morgan fingerprint density at radius 2 is 1.71 bits per heavy atom. The highest BCUT2D eigenvalue weighted by molar-refractivity contribution is 7.87. The van der Waals surface area contributed by atoms with E-state index in [9.17, 15) is 8.42 Å². The smallest absolute Gasteiger partial charge is 0.277 e. The molecule has 140 valence electrons. The highest BCUT2D eigenvalue weighted by atomic mass is 32.2. The third-order valence-corrected chi connectivity index (χ3v) is 7.04. The molecule has 2 saturated heterocycles. The van der Waals surface area contributed by atoms with Crippen molar-refractivity contribution >= 4 is 10.2 Å². The summed E-state index contributed by atoms with van der Waals surface area (Å²) in [6.45, 7) is 5.77. The average molecular weight is 361 g/mol. The Balaban J connectivity index is 1.62. The Hall–Kier alpha value is -0.250. The van der Waals surface area contributed by atoms with E-state index < -0.39 is 10.2 Å². The van der Waals surface area contributed by atoms with Crippen LogP contribution in [0.3, 0.4) is 0 Å². The zero-order chi connectivity index (χ0) is 17.0. The van der Waals surface area contributed by atoms with E-state index in [4.69, 9.17) is 4.74 Å². The van der Waals surface area contributed by atoms with Crippen molar-refractivity contribution in [2.75, 3.05) is 53.0 Å². The van der Waals surface area contributed by atoms with Gasteiger partial charge in [-0.3, -0.25) is 4.90 Å². The fourth-order valence-corrected chi connectivity index (χ4v) is 5.43. The van der Waals surface area contributed by atoms with Crippen molar-refractivity contribution in [2.45, 2.75) is 50.1 Å². The molecular formula is C16H32N4O3S. The van der Waals surface area contributed by atoms with E-state index in [0.717, 1.165) is 77.9 Å². The van der Waals surface area contributed by atoms with Crippen LogP contribution < -0.4 is 9.44 Å². The van der Waals surface area contributed by atoms with Crippen molar-refractivity contribution in [3.8, 4) is 0 Å². The number of nitrogens with one attached hydrogen (secondary N) is 2. The number of morpholine rings is 1. The number of piperidine rings is 1. The number of nitrogens with zero attached hydrogens (tertiary/aromatic N) is 2. The number of hydrogen-bond acceptors (Lipinski definition) is 5. The average Bonchev–Trinajstić information content (AvgIpc) is 3.08. The Morgan fingerprint density at radius 1 is 1.08 bits per heavy atom. The summed E-state index contributed by atoms with van der Waals surface area (Å²) in [7, 11) is -1.29. The van der Waals surface area contributed by atoms with Crippen LogP contribution in [0, 0.1) is 0 Å². The molecule has 1 aliphatic carbocycles. The molecule has 2 heterocycles. The third-order valence-electron chi connectivity index (χ3n) is 5.87. The standard InChI is InChI=1S/C16H32N4O3S/c1-19-8-6-16(7-9-19,20-10-12-23-13-11-20)14-17-24(21,22)18-15-4-2-3-5-15/h15,17-18H,2-14H2,1H3. The third kappa shape index (κ3) is 4.68. The van der Waals surface area contributed by atoms with Crippen LogP contribution in [0.25, 0.3) is 0 Å². The van der Waals surface area contributed by atoms with Gasteiger partial charge in [0.1, 0.15) is 0 Å². The molecule has 0 spiro atoms. The van der Waals surface area contributed by atoms with Gasteiger partial charge in [-0.05, 0) is 45.8 Å². The molecule has 3 aliphatic rings. The molecule has 3 fully saturated rings. The van der Waals surface area contributed by atoms with Gasteiger partial charge in [-0.15, -0.1) is 0 Å². The van der Waals surface area contributed by atoms with Gasteiger partial charge in [-0.1, -0.05) is 12.8 Å². The van der Waals surface area contributed by atoms with Gasteiger partial charge >= 0.3 is 0 Å². The molecule has 0 amide bonds. The second kappa shape index (κ2) is 7.97. The van der Waals surface area contributed by atoms with E-state index in [2.05, 4.69) is 26.3 Å². The minimum Gasteiger partial charge on any atom is -0.379 e. The first-order valence-corrected chi connectivity index (χ1v) is 10.8. The van der Waals surface area contributed by atoms with Crippen LogP contribution in [0.4, 0.5) is 0 Å². The van der Waals surface area contributed by atoms with E-state index in [-0.39, 0.29) is 11.6 Å². The summed E-state index contributed by atoms with van der Waals surface area (Å²) >= 11 is 0. The predicted octanol–water partition coefficient (Wildman–Crippen LogP) is 0.150. The van der Waals surface area contributed by atoms with Crippen LogP contribution in [0.1, 0.15) is 38.5 Å². The van der Waals surface area contributed by atoms with Gasteiger partial charge in [0.15, 0.2) is 0 Å². The molecule has 7 nitrogen and oxygen atoms in total.